The van der Waals surface area contributed by atoms with Gasteiger partial charge in [0.25, 0.3) is 0 Å². The predicted octanol–water partition coefficient (Wildman–Crippen LogP) is 5.56. The van der Waals surface area contributed by atoms with Crippen molar-refractivity contribution in [2.75, 3.05) is 50.9 Å². The van der Waals surface area contributed by atoms with E-state index in [4.69, 9.17) is 4.74 Å². The molecule has 0 amide bonds. The van der Waals surface area contributed by atoms with E-state index in [1.165, 1.54) is 24.1 Å². The number of hydrogen-bond donors (Lipinski definition) is 1. The highest BCUT2D eigenvalue weighted by atomic mass is 19.1. The number of aliphatic hydroxyl groups excluding tert-OH is 1. The van der Waals surface area contributed by atoms with Crippen LogP contribution in [0.2, 0.25) is 0 Å². The molecule has 38 heavy (non-hydrogen) atoms. The maximum atomic E-state index is 13.0. The van der Waals surface area contributed by atoms with Crippen LogP contribution in [0.1, 0.15) is 60.5 Å². The molecule has 2 aliphatic heterocycles. The van der Waals surface area contributed by atoms with E-state index in [2.05, 4.69) is 40.1 Å². The summed E-state index contributed by atoms with van der Waals surface area (Å²) in [6.07, 6.45) is 8.75. The van der Waals surface area contributed by atoms with Crippen molar-refractivity contribution in [1.29, 1.82) is 0 Å². The van der Waals surface area contributed by atoms with Crippen LogP contribution >= 0.6 is 0 Å². The van der Waals surface area contributed by atoms with Gasteiger partial charge in [-0.1, -0.05) is 31.2 Å². The van der Waals surface area contributed by atoms with Crippen LogP contribution < -0.4 is 9.64 Å². The smallest absolute Gasteiger partial charge is 0.164 e. The highest BCUT2D eigenvalue weighted by Gasteiger charge is 2.43. The Labute approximate surface area is 226 Å². The Morgan fingerprint density at radius 1 is 1.13 bits per heavy atom. The largest absolute Gasteiger partial charge is 0.491 e. The Morgan fingerprint density at radius 3 is 2.74 bits per heavy atom. The van der Waals surface area contributed by atoms with Gasteiger partial charge in [0.2, 0.25) is 0 Å². The third-order valence-electron chi connectivity index (χ3n) is 8.60. The molecule has 1 N–H and O–H groups in total. The van der Waals surface area contributed by atoms with Crippen molar-refractivity contribution in [3.63, 3.8) is 0 Å². The van der Waals surface area contributed by atoms with Gasteiger partial charge >= 0.3 is 0 Å². The summed E-state index contributed by atoms with van der Waals surface area (Å²) in [5, 5.41) is 9.77. The number of hydrogen-bond acceptors (Lipinski definition) is 5. The number of rotatable bonds is 10. The van der Waals surface area contributed by atoms with Gasteiger partial charge in [0.05, 0.1) is 12.8 Å². The van der Waals surface area contributed by atoms with Gasteiger partial charge in [0, 0.05) is 49.3 Å². The van der Waals surface area contributed by atoms with Crippen LogP contribution in [0.25, 0.3) is 6.08 Å². The molecule has 5 nitrogen and oxygen atoms in total. The van der Waals surface area contributed by atoms with Crippen molar-refractivity contribution in [1.82, 2.24) is 4.90 Å². The van der Waals surface area contributed by atoms with E-state index < -0.39 is 6.10 Å². The van der Waals surface area contributed by atoms with Crippen LogP contribution in [-0.4, -0.2) is 67.9 Å². The van der Waals surface area contributed by atoms with Gasteiger partial charge in [0.1, 0.15) is 12.4 Å². The van der Waals surface area contributed by atoms with Gasteiger partial charge in [-0.2, -0.15) is 0 Å². The summed E-state index contributed by atoms with van der Waals surface area (Å²) in [5.41, 5.74) is 4.49. The first-order valence-corrected chi connectivity index (χ1v) is 14.3. The normalized spacial score (nSPS) is 24.1. The summed E-state index contributed by atoms with van der Waals surface area (Å²) in [4.78, 5) is 18.0. The van der Waals surface area contributed by atoms with Crippen molar-refractivity contribution in [3.8, 4) is 5.75 Å². The Bertz CT molecular complexity index is 1130. The summed E-state index contributed by atoms with van der Waals surface area (Å²) >= 11 is 0. The summed E-state index contributed by atoms with van der Waals surface area (Å²) in [6, 6.07) is 14.5. The topological polar surface area (TPSA) is 53.0 Å². The Morgan fingerprint density at radius 2 is 1.95 bits per heavy atom. The van der Waals surface area contributed by atoms with E-state index >= 15 is 0 Å². The van der Waals surface area contributed by atoms with Crippen molar-refractivity contribution < 1.29 is 19.0 Å². The number of fused-ring (bicyclic) bond motifs is 1. The van der Waals surface area contributed by atoms with Crippen LogP contribution in [0.5, 0.6) is 5.75 Å². The first-order chi connectivity index (χ1) is 18.5. The van der Waals surface area contributed by atoms with Gasteiger partial charge in [-0.25, -0.2) is 0 Å². The van der Waals surface area contributed by atoms with E-state index in [0.717, 1.165) is 50.3 Å². The van der Waals surface area contributed by atoms with Gasteiger partial charge < -0.3 is 19.6 Å². The van der Waals surface area contributed by atoms with E-state index in [-0.39, 0.29) is 25.0 Å². The van der Waals surface area contributed by atoms with Crippen molar-refractivity contribution in [2.45, 2.75) is 51.6 Å². The minimum atomic E-state index is -0.486. The Kier molecular flexibility index (Phi) is 8.49. The number of ketones is 1. The molecule has 0 radical (unpaired) electrons. The monoisotopic (exact) mass is 520 g/mol. The number of halogens is 1. The maximum Gasteiger partial charge on any atom is 0.164 e. The molecule has 1 aliphatic carbocycles. The maximum absolute atomic E-state index is 13.0. The summed E-state index contributed by atoms with van der Waals surface area (Å²) in [6.45, 7) is 7.19. The lowest BCUT2D eigenvalue weighted by Crippen LogP contribution is -2.31. The molecule has 1 unspecified atom stereocenters. The quantitative estimate of drug-likeness (QED) is 0.445. The minimum Gasteiger partial charge on any atom is -0.491 e. The van der Waals surface area contributed by atoms with Gasteiger partial charge in [-0.05, 0) is 86.0 Å². The van der Waals surface area contributed by atoms with E-state index in [1.54, 1.807) is 0 Å². The summed E-state index contributed by atoms with van der Waals surface area (Å²) in [7, 11) is 0. The third-order valence-corrected chi connectivity index (χ3v) is 8.60. The second kappa shape index (κ2) is 12.0. The number of aliphatic hydroxyl groups is 1. The molecule has 0 aromatic heterocycles. The number of carbonyl (C=O) groups excluding carboxylic acids is 1. The van der Waals surface area contributed by atoms with Gasteiger partial charge in [-0.15, -0.1) is 0 Å². The minimum absolute atomic E-state index is 0.149. The number of nitrogens with zero attached hydrogens (tertiary/aromatic N) is 2. The number of likely N-dealkylation sites (tertiary alicyclic amines) is 1. The lowest BCUT2D eigenvalue weighted by molar-refractivity contribution is 0.0968. The van der Waals surface area contributed by atoms with Crippen LogP contribution in [-0.2, 0) is 6.42 Å². The SMILES string of the molecule is CC[C@H](O)COc1ccc2c(c1)C=CC(Cc1ccc(N3CC[C@]4(CCN(CCCF)C4)C3)cc1)CC2=O. The van der Waals surface area contributed by atoms with Crippen molar-refractivity contribution in [3.05, 3.63) is 65.2 Å². The summed E-state index contributed by atoms with van der Waals surface area (Å²) < 4.78 is 18.3. The molecule has 2 saturated heterocycles. The van der Waals surface area contributed by atoms with Crippen molar-refractivity contribution in [2.24, 2.45) is 11.3 Å². The molecule has 5 rings (SSSR count). The van der Waals surface area contributed by atoms with Crippen LogP contribution in [0.15, 0.2) is 48.5 Å². The lowest BCUT2D eigenvalue weighted by atomic mass is 9.86. The highest BCUT2D eigenvalue weighted by Crippen LogP contribution is 2.41. The molecule has 204 valence electrons. The Hall–Kier alpha value is -2.70. The molecule has 6 heteroatoms. The van der Waals surface area contributed by atoms with Crippen molar-refractivity contribution >= 4 is 17.5 Å². The first kappa shape index (κ1) is 26.9. The molecule has 2 heterocycles. The fourth-order valence-corrected chi connectivity index (χ4v) is 6.26. The average Bonchev–Trinajstić information content (AvgIpc) is 3.51. The van der Waals surface area contributed by atoms with Crippen LogP contribution in [0.4, 0.5) is 10.1 Å². The Balaban J connectivity index is 1.17. The molecular formula is C32H41FN2O3. The lowest BCUT2D eigenvalue weighted by Gasteiger charge is -2.26. The fraction of sp³-hybridized carbons (Fsp3) is 0.531. The molecule has 2 aromatic carbocycles. The number of ether oxygens (including phenoxy) is 1. The molecule has 2 fully saturated rings. The standard InChI is InChI=1S/C32H41FN2O3/c1-2-28(36)21-38-29-10-11-30-26(20-29)7-4-25(19-31(30)37)18-24-5-8-27(9-6-24)35-17-13-32(23-35)12-16-34(22-32)15-3-14-33/h4-11,20,25,28,36H,2-3,12-19,21-23H2,1H3/t25?,28-,32-/m0/s1. The number of benzene rings is 2. The molecule has 3 atom stereocenters. The zero-order valence-electron chi connectivity index (χ0n) is 22.6. The molecule has 0 bridgehead atoms. The van der Waals surface area contributed by atoms with E-state index in [9.17, 15) is 14.3 Å². The second-order valence-electron chi connectivity index (χ2n) is 11.5. The molecule has 0 saturated carbocycles. The number of anilines is 1. The number of Topliss-reactive ketones (excluding diaryl/α,β-unsaturated/α-hetero) is 1. The highest BCUT2D eigenvalue weighted by molar-refractivity contribution is 6.00. The summed E-state index contributed by atoms with van der Waals surface area (Å²) in [5.74, 6) is 0.985. The number of alkyl halides is 1. The fourth-order valence-electron chi connectivity index (χ4n) is 6.26. The molecule has 1 spiro atoms. The molecular weight excluding hydrogens is 479 g/mol. The van der Waals surface area contributed by atoms with E-state index in [0.29, 0.717) is 30.4 Å². The number of carbonyl (C=O) groups is 1. The van der Waals surface area contributed by atoms with Crippen LogP contribution in [0.3, 0.4) is 0 Å². The van der Waals surface area contributed by atoms with Gasteiger partial charge in [0.15, 0.2) is 5.78 Å². The predicted molar refractivity (Wildman–Crippen MR) is 151 cm³/mol. The second-order valence-corrected chi connectivity index (χ2v) is 11.5. The first-order valence-electron chi connectivity index (χ1n) is 14.3. The molecule has 3 aliphatic rings. The zero-order chi connectivity index (χ0) is 26.5. The molecule has 2 aromatic rings. The average molecular weight is 521 g/mol. The zero-order valence-corrected chi connectivity index (χ0v) is 22.6. The van der Waals surface area contributed by atoms with Crippen LogP contribution in [0, 0.1) is 11.3 Å². The van der Waals surface area contributed by atoms with E-state index in [1.807, 2.05) is 31.2 Å². The van der Waals surface area contributed by atoms with Gasteiger partial charge in [-0.3, -0.25) is 9.18 Å². The third kappa shape index (κ3) is 6.29. The number of allylic oxidation sites excluding steroid dienone is 1.